The fourth-order valence-electron chi connectivity index (χ4n) is 4.85. The monoisotopic (exact) mass is 404 g/mol. The third kappa shape index (κ3) is 3.59. The molecule has 0 bridgehead atoms. The molecule has 0 saturated carbocycles. The van der Waals surface area contributed by atoms with E-state index in [1.54, 1.807) is 21.3 Å². The Labute approximate surface area is 178 Å². The van der Waals surface area contributed by atoms with Gasteiger partial charge in [0, 0.05) is 24.1 Å². The first-order chi connectivity index (χ1) is 14.7. The topological polar surface area (TPSA) is 54.7 Å². The molecule has 5 nitrogen and oxygen atoms in total. The minimum Gasteiger partial charge on any atom is -0.497 e. The Balaban J connectivity index is 1.87. The summed E-state index contributed by atoms with van der Waals surface area (Å²) in [5, 5.41) is 10.2. The lowest BCUT2D eigenvalue weighted by Crippen LogP contribution is -2.43. The van der Waals surface area contributed by atoms with Gasteiger partial charge in [-0.3, -0.25) is 0 Å². The molecule has 0 amide bonds. The third-order valence-corrected chi connectivity index (χ3v) is 6.34. The van der Waals surface area contributed by atoms with Crippen LogP contribution in [-0.2, 0) is 0 Å². The molecular formula is C25H28N2O3. The fourth-order valence-corrected chi connectivity index (χ4v) is 4.85. The van der Waals surface area contributed by atoms with Crippen molar-refractivity contribution in [3.8, 4) is 23.3 Å². The molecule has 0 radical (unpaired) electrons. The highest BCUT2D eigenvalue weighted by molar-refractivity contribution is 5.79. The molecule has 1 saturated heterocycles. The van der Waals surface area contributed by atoms with Crippen LogP contribution in [-0.4, -0.2) is 38.8 Å². The summed E-state index contributed by atoms with van der Waals surface area (Å²) in [4.78, 5) is 2.33. The lowest BCUT2D eigenvalue weighted by Gasteiger charge is -2.44. The largest absolute Gasteiger partial charge is 0.497 e. The van der Waals surface area contributed by atoms with Gasteiger partial charge in [-0.05, 0) is 61.1 Å². The van der Waals surface area contributed by atoms with Crippen molar-refractivity contribution in [2.45, 2.75) is 37.6 Å². The summed E-state index contributed by atoms with van der Waals surface area (Å²) in [6.07, 6.45) is 4.49. The molecule has 2 aliphatic rings. The maximum Gasteiger partial charge on any atom is 0.161 e. The van der Waals surface area contributed by atoms with Gasteiger partial charge >= 0.3 is 0 Å². The first kappa shape index (κ1) is 20.2. The zero-order valence-electron chi connectivity index (χ0n) is 17.9. The van der Waals surface area contributed by atoms with Gasteiger partial charge in [-0.25, -0.2) is 0 Å². The highest BCUT2D eigenvalue weighted by Gasteiger charge is 2.37. The molecule has 156 valence electrons. The standard InChI is InChI=1S/C25H28N2O3/c1-28-20-10-7-17(8-11-20)21-15-19-6-4-5-13-27(19)22(16-26)25(21)18-9-12-23(29-2)24(14-18)30-3/h7-12,14,19,21H,4-6,13,15H2,1-3H3/t19-,21-/m1/s1. The number of benzene rings is 2. The molecule has 1 fully saturated rings. The van der Waals surface area contributed by atoms with Gasteiger partial charge in [0.2, 0.25) is 0 Å². The van der Waals surface area contributed by atoms with Gasteiger partial charge in [-0.2, -0.15) is 5.26 Å². The van der Waals surface area contributed by atoms with Crippen LogP contribution in [0.1, 0.15) is 42.7 Å². The van der Waals surface area contributed by atoms with Gasteiger partial charge in [0.15, 0.2) is 11.5 Å². The minimum absolute atomic E-state index is 0.142. The van der Waals surface area contributed by atoms with E-state index in [2.05, 4.69) is 23.1 Å². The highest BCUT2D eigenvalue weighted by atomic mass is 16.5. The Morgan fingerprint density at radius 3 is 2.37 bits per heavy atom. The van der Waals surface area contributed by atoms with Crippen molar-refractivity contribution < 1.29 is 14.2 Å². The second-order valence-electron chi connectivity index (χ2n) is 7.85. The van der Waals surface area contributed by atoms with Crippen molar-refractivity contribution >= 4 is 5.57 Å². The molecule has 2 aromatic carbocycles. The van der Waals surface area contributed by atoms with Crippen molar-refractivity contribution in [2.75, 3.05) is 27.9 Å². The molecule has 0 aromatic heterocycles. The molecule has 0 aliphatic carbocycles. The summed E-state index contributed by atoms with van der Waals surface area (Å²) in [5.41, 5.74) is 4.08. The number of nitriles is 1. The smallest absolute Gasteiger partial charge is 0.161 e. The van der Waals surface area contributed by atoms with E-state index in [9.17, 15) is 5.26 Å². The summed E-state index contributed by atoms with van der Waals surface area (Å²) in [5.74, 6) is 2.34. The Morgan fingerprint density at radius 2 is 1.70 bits per heavy atom. The van der Waals surface area contributed by atoms with Gasteiger partial charge in [-0.15, -0.1) is 0 Å². The lowest BCUT2D eigenvalue weighted by atomic mass is 9.76. The van der Waals surface area contributed by atoms with E-state index >= 15 is 0 Å². The second kappa shape index (κ2) is 8.71. The molecular weight excluding hydrogens is 376 g/mol. The van der Waals surface area contributed by atoms with E-state index in [-0.39, 0.29) is 5.92 Å². The average molecular weight is 405 g/mol. The first-order valence-electron chi connectivity index (χ1n) is 10.5. The first-order valence-corrected chi connectivity index (χ1v) is 10.5. The van der Waals surface area contributed by atoms with Crippen LogP contribution in [0.5, 0.6) is 17.2 Å². The van der Waals surface area contributed by atoms with E-state index in [1.165, 1.54) is 12.0 Å². The third-order valence-electron chi connectivity index (χ3n) is 6.34. The maximum absolute atomic E-state index is 10.2. The van der Waals surface area contributed by atoms with Crippen LogP contribution in [0.25, 0.3) is 5.57 Å². The number of hydrogen-bond donors (Lipinski definition) is 0. The SMILES string of the molecule is COc1ccc([C@H]2C[C@H]3CCCCN3C(C#N)=C2c2ccc(OC)c(OC)c2)cc1. The van der Waals surface area contributed by atoms with Crippen LogP contribution in [0.2, 0.25) is 0 Å². The van der Waals surface area contributed by atoms with Crippen molar-refractivity contribution in [1.29, 1.82) is 5.26 Å². The van der Waals surface area contributed by atoms with Crippen LogP contribution in [0.15, 0.2) is 48.2 Å². The van der Waals surface area contributed by atoms with Gasteiger partial charge in [-0.1, -0.05) is 18.2 Å². The molecule has 0 spiro atoms. The second-order valence-corrected chi connectivity index (χ2v) is 7.85. The maximum atomic E-state index is 10.2. The van der Waals surface area contributed by atoms with Crippen LogP contribution < -0.4 is 14.2 Å². The molecule has 0 unspecified atom stereocenters. The molecule has 4 rings (SSSR count). The molecule has 2 aromatic rings. The van der Waals surface area contributed by atoms with Crippen LogP contribution in [0.3, 0.4) is 0 Å². The molecule has 2 aliphatic heterocycles. The number of nitrogens with zero attached hydrogens (tertiary/aromatic N) is 2. The quantitative estimate of drug-likeness (QED) is 0.703. The van der Waals surface area contributed by atoms with Gasteiger partial charge in [0.25, 0.3) is 0 Å². The zero-order chi connectivity index (χ0) is 21.1. The van der Waals surface area contributed by atoms with E-state index in [0.717, 1.165) is 48.4 Å². The van der Waals surface area contributed by atoms with Crippen molar-refractivity contribution in [2.24, 2.45) is 0 Å². The highest BCUT2D eigenvalue weighted by Crippen LogP contribution is 2.47. The number of allylic oxidation sites excluding steroid dienone is 2. The van der Waals surface area contributed by atoms with E-state index < -0.39 is 0 Å². The molecule has 30 heavy (non-hydrogen) atoms. The van der Waals surface area contributed by atoms with Gasteiger partial charge in [0.05, 0.1) is 21.3 Å². The van der Waals surface area contributed by atoms with Crippen LogP contribution >= 0.6 is 0 Å². The predicted molar refractivity (Wildman–Crippen MR) is 117 cm³/mol. The number of piperidine rings is 1. The summed E-state index contributed by atoms with van der Waals surface area (Å²) in [6, 6.07) is 17.2. The Morgan fingerprint density at radius 1 is 0.933 bits per heavy atom. The van der Waals surface area contributed by atoms with E-state index in [0.29, 0.717) is 17.5 Å². The minimum atomic E-state index is 0.142. The van der Waals surface area contributed by atoms with Crippen LogP contribution in [0, 0.1) is 11.3 Å². The summed E-state index contributed by atoms with van der Waals surface area (Å²) in [6.45, 7) is 0.944. The summed E-state index contributed by atoms with van der Waals surface area (Å²) in [7, 11) is 4.96. The fraction of sp³-hybridized carbons (Fsp3) is 0.400. The molecule has 5 heteroatoms. The Hall–Kier alpha value is -3.13. The molecule has 2 heterocycles. The Bertz CT molecular complexity index is 975. The number of ether oxygens (including phenoxy) is 3. The van der Waals surface area contributed by atoms with E-state index in [4.69, 9.17) is 14.2 Å². The van der Waals surface area contributed by atoms with Crippen molar-refractivity contribution in [3.63, 3.8) is 0 Å². The van der Waals surface area contributed by atoms with Gasteiger partial charge in [0.1, 0.15) is 17.5 Å². The predicted octanol–water partition coefficient (Wildman–Crippen LogP) is 4.99. The zero-order valence-corrected chi connectivity index (χ0v) is 17.9. The molecule has 0 N–H and O–H groups in total. The normalized spacial score (nSPS) is 20.9. The van der Waals surface area contributed by atoms with Crippen LogP contribution in [0.4, 0.5) is 0 Å². The number of rotatable bonds is 5. The lowest BCUT2D eigenvalue weighted by molar-refractivity contribution is 0.177. The van der Waals surface area contributed by atoms with Gasteiger partial charge < -0.3 is 19.1 Å². The number of fused-ring (bicyclic) bond motifs is 1. The summed E-state index contributed by atoms with van der Waals surface area (Å²) < 4.78 is 16.3. The van der Waals surface area contributed by atoms with Crippen molar-refractivity contribution in [1.82, 2.24) is 4.90 Å². The molecule has 2 atom stereocenters. The number of methoxy groups -OCH3 is 3. The summed E-state index contributed by atoms with van der Waals surface area (Å²) >= 11 is 0. The number of hydrogen-bond acceptors (Lipinski definition) is 5. The van der Waals surface area contributed by atoms with Crippen molar-refractivity contribution in [3.05, 3.63) is 59.3 Å². The van der Waals surface area contributed by atoms with E-state index in [1.807, 2.05) is 30.3 Å². The Kier molecular flexibility index (Phi) is 5.85. The average Bonchev–Trinajstić information content (AvgIpc) is 2.82.